The van der Waals surface area contributed by atoms with Crippen LogP contribution in [0.4, 0.5) is 0 Å². The highest BCUT2D eigenvalue weighted by atomic mass is 16.4. The Balaban J connectivity index is 5.11. The molecule has 0 radical (unpaired) electrons. The molecule has 0 saturated carbocycles. The van der Waals surface area contributed by atoms with E-state index >= 15 is 0 Å². The second-order valence-electron chi connectivity index (χ2n) is 7.08. The van der Waals surface area contributed by atoms with Gasteiger partial charge in [-0.15, -0.1) is 0 Å². The Morgan fingerprint density at radius 2 is 0.906 bits per heavy atom. The van der Waals surface area contributed by atoms with Crippen LogP contribution in [0.2, 0.25) is 0 Å². The van der Waals surface area contributed by atoms with E-state index in [1.807, 2.05) is 10.6 Å². The molecule has 0 heterocycles. The summed E-state index contributed by atoms with van der Waals surface area (Å²) in [6, 6.07) is -7.47. The van der Waals surface area contributed by atoms with Crippen molar-refractivity contribution in [1.29, 1.82) is 0 Å². The minimum Gasteiger partial charge on any atom is -0.480 e. The molecule has 184 valence electrons. The molecule has 0 rings (SSSR count). The molecule has 15 heteroatoms. The minimum absolute atomic E-state index is 0.263. The number of carbonyl (C=O) groups excluding carboxylic acids is 4. The van der Waals surface area contributed by atoms with E-state index in [0.29, 0.717) is 0 Å². The molecule has 0 saturated heterocycles. The molecule has 0 aliphatic heterocycles. The number of nitrogens with one attached hydrogen (secondary N) is 4. The number of carboxylic acid groups (broad SMARTS) is 1. The van der Waals surface area contributed by atoms with Crippen molar-refractivity contribution in [2.75, 3.05) is 26.4 Å². The minimum atomic E-state index is -1.69. The van der Waals surface area contributed by atoms with E-state index in [9.17, 15) is 39.3 Å². The number of amides is 4. The van der Waals surface area contributed by atoms with Crippen molar-refractivity contribution in [2.24, 2.45) is 11.7 Å². The molecule has 0 bridgehead atoms. The molecule has 0 fully saturated rings. The molecular weight excluding hydrogens is 434 g/mol. The van der Waals surface area contributed by atoms with Crippen LogP contribution in [0.3, 0.4) is 0 Å². The number of hydrogen-bond donors (Lipinski definition) is 10. The maximum absolute atomic E-state index is 12.3. The Hall–Kier alpha value is -2.85. The monoisotopic (exact) mass is 465 g/mol. The quantitative estimate of drug-likeness (QED) is 0.115. The summed E-state index contributed by atoms with van der Waals surface area (Å²) in [5.74, 6) is -5.86. The van der Waals surface area contributed by atoms with Gasteiger partial charge in [-0.1, -0.05) is 13.8 Å². The predicted octanol–water partition coefficient (Wildman–Crippen LogP) is -6.04. The molecule has 32 heavy (non-hydrogen) atoms. The third-order valence-corrected chi connectivity index (χ3v) is 4.26. The Labute approximate surface area is 183 Å². The van der Waals surface area contributed by atoms with E-state index in [-0.39, 0.29) is 5.92 Å². The van der Waals surface area contributed by atoms with Gasteiger partial charge in [0.05, 0.1) is 32.5 Å². The Morgan fingerprint density at radius 1 is 0.625 bits per heavy atom. The fourth-order valence-corrected chi connectivity index (χ4v) is 2.16. The van der Waals surface area contributed by atoms with Crippen LogP contribution in [0.1, 0.15) is 13.8 Å². The van der Waals surface area contributed by atoms with Gasteiger partial charge in [0.15, 0.2) is 0 Å². The molecule has 0 aromatic carbocycles. The van der Waals surface area contributed by atoms with Gasteiger partial charge in [-0.3, -0.25) is 19.2 Å². The van der Waals surface area contributed by atoms with Crippen molar-refractivity contribution in [1.82, 2.24) is 21.3 Å². The number of aliphatic hydroxyl groups excluding tert-OH is 4. The first-order chi connectivity index (χ1) is 14.9. The zero-order valence-electron chi connectivity index (χ0n) is 17.6. The van der Waals surface area contributed by atoms with Gasteiger partial charge in [0.1, 0.15) is 24.2 Å². The summed E-state index contributed by atoms with van der Waals surface area (Å²) in [6.45, 7) is -0.388. The number of aliphatic carboxylic acids is 1. The molecule has 0 aliphatic rings. The third kappa shape index (κ3) is 9.11. The van der Waals surface area contributed by atoms with Crippen LogP contribution in [0, 0.1) is 5.92 Å². The second-order valence-corrected chi connectivity index (χ2v) is 7.08. The van der Waals surface area contributed by atoms with Crippen molar-refractivity contribution >= 4 is 29.6 Å². The average molecular weight is 465 g/mol. The summed E-state index contributed by atoms with van der Waals surface area (Å²) < 4.78 is 0. The Bertz CT molecular complexity index is 674. The second kappa shape index (κ2) is 14.3. The number of carboxylic acids is 1. The summed E-state index contributed by atoms with van der Waals surface area (Å²) in [5, 5.41) is 54.0. The number of hydrogen-bond acceptors (Lipinski definition) is 10. The molecule has 0 aliphatic carbocycles. The van der Waals surface area contributed by atoms with E-state index < -0.39 is 86.2 Å². The largest absolute Gasteiger partial charge is 0.480 e. The van der Waals surface area contributed by atoms with E-state index in [0.717, 1.165) is 0 Å². The molecular formula is C17H31N5O10. The van der Waals surface area contributed by atoms with Crippen molar-refractivity contribution < 1.29 is 49.5 Å². The summed E-state index contributed by atoms with van der Waals surface area (Å²) in [6.07, 6.45) is 0. The first-order valence-corrected chi connectivity index (χ1v) is 9.56. The van der Waals surface area contributed by atoms with Crippen molar-refractivity contribution in [3.05, 3.63) is 0 Å². The van der Waals surface area contributed by atoms with E-state index in [1.54, 1.807) is 13.8 Å². The van der Waals surface area contributed by atoms with Crippen LogP contribution in [0.25, 0.3) is 0 Å². The third-order valence-electron chi connectivity index (χ3n) is 4.26. The molecule has 0 unspecified atom stereocenters. The van der Waals surface area contributed by atoms with Crippen LogP contribution >= 0.6 is 0 Å². The maximum Gasteiger partial charge on any atom is 0.328 e. The van der Waals surface area contributed by atoms with Gasteiger partial charge in [0.2, 0.25) is 23.6 Å². The fraction of sp³-hybridized carbons (Fsp3) is 0.706. The molecule has 15 nitrogen and oxygen atoms in total. The Kier molecular flexibility index (Phi) is 13.0. The first kappa shape index (κ1) is 29.1. The lowest BCUT2D eigenvalue weighted by molar-refractivity contribution is -0.143. The number of aliphatic hydroxyl groups is 4. The maximum atomic E-state index is 12.3. The van der Waals surface area contributed by atoms with Gasteiger partial charge in [-0.25, -0.2) is 4.79 Å². The van der Waals surface area contributed by atoms with Crippen LogP contribution in [0.5, 0.6) is 0 Å². The smallest absolute Gasteiger partial charge is 0.328 e. The van der Waals surface area contributed by atoms with E-state index in [4.69, 9.17) is 15.9 Å². The van der Waals surface area contributed by atoms with Crippen molar-refractivity contribution in [3.63, 3.8) is 0 Å². The summed E-state index contributed by atoms with van der Waals surface area (Å²) in [7, 11) is 0. The highest BCUT2D eigenvalue weighted by Gasteiger charge is 2.31. The lowest BCUT2D eigenvalue weighted by Crippen LogP contribution is -2.60. The van der Waals surface area contributed by atoms with Crippen molar-refractivity contribution in [3.8, 4) is 0 Å². The standard InChI is InChI=1S/C17H31N5O10/c1-7(2)12(18)16(30)21-10(5-25)14(28)19-8(3-23)13(27)20-9(4-24)15(29)22-11(6-26)17(31)32/h7-12,23-26H,3-6,18H2,1-2H3,(H,19,28)(H,20,27)(H,21,30)(H,22,29)(H,31,32)/t8-,9-,10-,11-,12-/m0/s1. The number of carbonyl (C=O) groups is 5. The zero-order valence-corrected chi connectivity index (χ0v) is 17.6. The average Bonchev–Trinajstić information content (AvgIpc) is 2.75. The van der Waals surface area contributed by atoms with Crippen LogP contribution in [0.15, 0.2) is 0 Å². The zero-order chi connectivity index (χ0) is 25.0. The highest BCUT2D eigenvalue weighted by Crippen LogP contribution is 1.99. The van der Waals surface area contributed by atoms with Crippen LogP contribution < -0.4 is 27.0 Å². The van der Waals surface area contributed by atoms with Crippen LogP contribution in [-0.2, 0) is 24.0 Å². The predicted molar refractivity (Wildman–Crippen MR) is 107 cm³/mol. The van der Waals surface area contributed by atoms with Gasteiger partial charge in [0, 0.05) is 0 Å². The molecule has 0 spiro atoms. The number of nitrogens with two attached hydrogens (primary N) is 1. The molecule has 0 aromatic rings. The highest BCUT2D eigenvalue weighted by molar-refractivity contribution is 5.95. The SMILES string of the molecule is CC(C)[C@H](N)C(=O)N[C@@H](CO)C(=O)N[C@@H](CO)C(=O)N[C@@H](CO)C(=O)N[C@@H](CO)C(=O)O. The summed E-state index contributed by atoms with van der Waals surface area (Å²) >= 11 is 0. The lowest BCUT2D eigenvalue weighted by Gasteiger charge is -2.24. The topological polar surface area (TPSA) is 261 Å². The van der Waals surface area contributed by atoms with Gasteiger partial charge in [-0.2, -0.15) is 0 Å². The van der Waals surface area contributed by atoms with E-state index in [1.165, 1.54) is 0 Å². The van der Waals surface area contributed by atoms with Gasteiger partial charge < -0.3 is 52.5 Å². The summed E-state index contributed by atoms with van der Waals surface area (Å²) in [5.41, 5.74) is 5.66. The molecule has 0 aromatic heterocycles. The van der Waals surface area contributed by atoms with Gasteiger partial charge in [-0.05, 0) is 5.92 Å². The van der Waals surface area contributed by atoms with E-state index in [2.05, 4.69) is 10.6 Å². The van der Waals surface area contributed by atoms with Gasteiger partial charge >= 0.3 is 5.97 Å². The van der Waals surface area contributed by atoms with Gasteiger partial charge in [0.25, 0.3) is 0 Å². The molecule has 11 N–H and O–H groups in total. The fourth-order valence-electron chi connectivity index (χ4n) is 2.16. The van der Waals surface area contributed by atoms with Crippen LogP contribution in [-0.4, -0.2) is 112 Å². The Morgan fingerprint density at radius 3 is 1.16 bits per heavy atom. The first-order valence-electron chi connectivity index (χ1n) is 9.56. The molecule has 5 atom stereocenters. The molecule has 4 amide bonds. The lowest BCUT2D eigenvalue weighted by atomic mass is 10.0. The summed E-state index contributed by atoms with van der Waals surface area (Å²) in [4.78, 5) is 59.4. The van der Waals surface area contributed by atoms with Crippen molar-refractivity contribution in [2.45, 2.75) is 44.1 Å². The number of rotatable bonds is 14. The normalized spacial score (nSPS) is 15.6.